The summed E-state index contributed by atoms with van der Waals surface area (Å²) in [6.07, 6.45) is -1.49. The Kier molecular flexibility index (Phi) is 9.94. The molecule has 9 nitrogen and oxygen atoms in total. The van der Waals surface area contributed by atoms with E-state index >= 15 is 0 Å². The lowest BCUT2D eigenvalue weighted by Crippen LogP contribution is -2.45. The number of amides is 2. The van der Waals surface area contributed by atoms with Gasteiger partial charge in [0.2, 0.25) is 0 Å². The average molecular weight is 653 g/mol. The lowest BCUT2D eigenvalue weighted by atomic mass is 9.98. The van der Waals surface area contributed by atoms with Gasteiger partial charge in [-0.05, 0) is 79.2 Å². The number of halogens is 3. The molecule has 3 aromatic carbocycles. The highest BCUT2D eigenvalue weighted by Gasteiger charge is 2.33. The van der Waals surface area contributed by atoms with Crippen LogP contribution in [-0.2, 0) is 22.7 Å². The van der Waals surface area contributed by atoms with Crippen LogP contribution >= 0.6 is 0 Å². The van der Waals surface area contributed by atoms with Crippen molar-refractivity contribution in [2.75, 3.05) is 43.3 Å². The molecule has 4 aromatic rings. The zero-order valence-corrected chi connectivity index (χ0v) is 26.2. The number of alkyl halides is 3. The van der Waals surface area contributed by atoms with Gasteiger partial charge in [-0.15, -0.1) is 0 Å². The van der Waals surface area contributed by atoms with Crippen molar-refractivity contribution >= 4 is 27.4 Å². The van der Waals surface area contributed by atoms with Crippen LogP contribution in [0.25, 0.3) is 11.1 Å². The third-order valence-electron chi connectivity index (χ3n) is 7.93. The Morgan fingerprint density at radius 3 is 2.33 bits per heavy atom. The van der Waals surface area contributed by atoms with Gasteiger partial charge >= 0.3 is 12.2 Å². The number of urea groups is 1. The summed E-state index contributed by atoms with van der Waals surface area (Å²) in [6, 6.07) is 19.0. The van der Waals surface area contributed by atoms with Crippen LogP contribution in [0.15, 0.2) is 96.2 Å². The van der Waals surface area contributed by atoms with Crippen molar-refractivity contribution in [2.24, 2.45) is 0 Å². The van der Waals surface area contributed by atoms with E-state index in [2.05, 4.69) is 44.1 Å². The summed E-state index contributed by atoms with van der Waals surface area (Å²) in [5.41, 5.74) is 1.81. The van der Waals surface area contributed by atoms with E-state index in [-0.39, 0.29) is 23.8 Å². The molecule has 1 fully saturated rings. The molecule has 13 heteroatoms. The molecule has 2 heterocycles. The van der Waals surface area contributed by atoms with Crippen LogP contribution in [0.5, 0.6) is 0 Å². The first kappa shape index (κ1) is 32.9. The van der Waals surface area contributed by atoms with Crippen LogP contribution in [0, 0.1) is 0 Å². The van der Waals surface area contributed by atoms with E-state index in [1.807, 2.05) is 18.2 Å². The van der Waals surface area contributed by atoms with Crippen molar-refractivity contribution in [1.29, 1.82) is 0 Å². The summed E-state index contributed by atoms with van der Waals surface area (Å²) >= 11 is 0. The second kappa shape index (κ2) is 13.9. The number of pyridine rings is 1. The average Bonchev–Trinajstić information content (AvgIpc) is 3.04. The molecule has 2 amide bonds. The molecule has 1 aliphatic heterocycles. The number of hydrogen-bond donors (Lipinski definition) is 3. The maximum atomic E-state index is 13.8. The minimum Gasteiger partial charge on any atom is -0.334 e. The molecule has 3 N–H and O–H groups in total. The Morgan fingerprint density at radius 2 is 1.65 bits per heavy atom. The van der Waals surface area contributed by atoms with Crippen molar-refractivity contribution in [3.63, 3.8) is 0 Å². The number of nitrogens with zero attached hydrogens (tertiary/aromatic N) is 3. The number of benzene rings is 3. The quantitative estimate of drug-likeness (QED) is 0.199. The molecule has 0 spiro atoms. The number of likely N-dealkylation sites (N-methyl/N-ethyl adjacent to an activating group) is 1. The molecular weight excluding hydrogens is 617 g/mol. The lowest BCUT2D eigenvalue weighted by Gasteiger charge is -2.36. The summed E-state index contributed by atoms with van der Waals surface area (Å²) in [5.74, 6) is 0. The number of rotatable bonds is 9. The topological polar surface area (TPSA) is 107 Å². The zero-order chi connectivity index (χ0) is 32.9. The predicted octanol–water partition coefficient (Wildman–Crippen LogP) is 6.20. The van der Waals surface area contributed by atoms with Crippen LogP contribution < -0.4 is 15.4 Å². The molecule has 1 aliphatic rings. The third-order valence-corrected chi connectivity index (χ3v) is 9.36. The molecule has 1 atom stereocenters. The lowest BCUT2D eigenvalue weighted by molar-refractivity contribution is -0.137. The fourth-order valence-corrected chi connectivity index (χ4v) is 6.55. The molecule has 0 aliphatic carbocycles. The minimum absolute atomic E-state index is 0.0332. The summed E-state index contributed by atoms with van der Waals surface area (Å²) < 4.78 is 71.0. The Hall–Kier alpha value is -4.46. The van der Waals surface area contributed by atoms with E-state index in [9.17, 15) is 26.4 Å². The third kappa shape index (κ3) is 8.22. The summed E-state index contributed by atoms with van der Waals surface area (Å²) in [4.78, 5) is 20.4. The van der Waals surface area contributed by atoms with Gasteiger partial charge in [0.15, 0.2) is 0 Å². The van der Waals surface area contributed by atoms with Crippen LogP contribution in [0.2, 0.25) is 0 Å². The van der Waals surface area contributed by atoms with Gasteiger partial charge in [0.05, 0.1) is 10.5 Å². The molecule has 242 valence electrons. The van der Waals surface area contributed by atoms with Crippen LogP contribution in [0.3, 0.4) is 0 Å². The maximum Gasteiger partial charge on any atom is 0.416 e. The van der Waals surface area contributed by atoms with Gasteiger partial charge in [0, 0.05) is 68.1 Å². The fourth-order valence-electron chi connectivity index (χ4n) is 5.24. The number of carbonyl (C=O) groups excluding carboxylic acids is 1. The SMILES string of the molecule is CC(c1cccc(-c2ccc(C(F)(F)F)cc2S(=O)(=O)Nc2ccc(NC(=O)NCc3cccnc3)cc2)c1)N1CCN(C)CC1. The number of carbonyl (C=O) groups is 1. The van der Waals surface area contributed by atoms with Gasteiger partial charge in [0.25, 0.3) is 10.0 Å². The molecule has 1 saturated heterocycles. The van der Waals surface area contributed by atoms with Gasteiger partial charge in [-0.25, -0.2) is 13.2 Å². The first-order valence-corrected chi connectivity index (χ1v) is 16.2. The van der Waals surface area contributed by atoms with E-state index in [1.54, 1.807) is 30.6 Å². The molecule has 1 aromatic heterocycles. The highest BCUT2D eigenvalue weighted by molar-refractivity contribution is 7.92. The highest BCUT2D eigenvalue weighted by Crippen LogP contribution is 2.37. The van der Waals surface area contributed by atoms with Crippen LogP contribution in [-0.4, -0.2) is 62.5 Å². The molecule has 0 radical (unpaired) electrons. The van der Waals surface area contributed by atoms with Gasteiger partial charge in [-0.2, -0.15) is 13.2 Å². The van der Waals surface area contributed by atoms with E-state index in [4.69, 9.17) is 0 Å². The van der Waals surface area contributed by atoms with Crippen molar-refractivity contribution in [3.8, 4) is 11.1 Å². The summed E-state index contributed by atoms with van der Waals surface area (Å²) in [5, 5.41) is 5.34. The van der Waals surface area contributed by atoms with E-state index in [1.165, 1.54) is 30.3 Å². The molecule has 46 heavy (non-hydrogen) atoms. The van der Waals surface area contributed by atoms with Crippen molar-refractivity contribution in [2.45, 2.75) is 30.6 Å². The molecule has 1 unspecified atom stereocenters. The van der Waals surface area contributed by atoms with Gasteiger partial charge in [-0.3, -0.25) is 14.6 Å². The van der Waals surface area contributed by atoms with Crippen molar-refractivity contribution in [3.05, 3.63) is 108 Å². The highest BCUT2D eigenvalue weighted by atomic mass is 32.2. The molecule has 0 saturated carbocycles. The van der Waals surface area contributed by atoms with Crippen LogP contribution in [0.4, 0.5) is 29.3 Å². The van der Waals surface area contributed by atoms with Gasteiger partial charge < -0.3 is 15.5 Å². The molecule has 5 rings (SSSR count). The standard InChI is InChI=1S/C33H35F3N6O3S/c1-23(42-17-15-41(2)16-18-42)25-6-3-7-26(19-25)30-13-8-27(33(34,35)36)20-31(30)46(44,45)40-29-11-9-28(10-12-29)39-32(43)38-22-24-5-4-14-37-21-24/h3-14,19-21,23,40H,15-18,22H2,1-2H3,(H2,38,39,43). The second-order valence-electron chi connectivity index (χ2n) is 11.2. The zero-order valence-electron chi connectivity index (χ0n) is 25.4. The van der Waals surface area contributed by atoms with Crippen molar-refractivity contribution < 1.29 is 26.4 Å². The second-order valence-corrected chi connectivity index (χ2v) is 12.9. The van der Waals surface area contributed by atoms with Crippen molar-refractivity contribution in [1.82, 2.24) is 20.1 Å². The smallest absolute Gasteiger partial charge is 0.334 e. The number of piperazine rings is 1. The first-order valence-electron chi connectivity index (χ1n) is 14.7. The van der Waals surface area contributed by atoms with Gasteiger partial charge in [-0.1, -0.05) is 30.3 Å². The number of sulfonamides is 1. The predicted molar refractivity (Wildman–Crippen MR) is 172 cm³/mol. The normalized spacial score (nSPS) is 15.2. The Bertz CT molecular complexity index is 1760. The first-order chi connectivity index (χ1) is 21.9. The van der Waals surface area contributed by atoms with E-state index in [0.717, 1.165) is 43.4 Å². The van der Waals surface area contributed by atoms with E-state index in [0.29, 0.717) is 17.3 Å². The number of nitrogens with one attached hydrogen (secondary N) is 3. The van der Waals surface area contributed by atoms with Gasteiger partial charge in [0.1, 0.15) is 0 Å². The molecule has 0 bridgehead atoms. The Balaban J connectivity index is 1.36. The minimum atomic E-state index is -4.74. The molecular formula is C33H35F3N6O3S. The summed E-state index contributed by atoms with van der Waals surface area (Å²) in [6.45, 7) is 5.92. The Labute approximate surface area is 266 Å². The van der Waals surface area contributed by atoms with Crippen LogP contribution in [0.1, 0.15) is 29.7 Å². The summed E-state index contributed by atoms with van der Waals surface area (Å²) in [7, 11) is -2.41. The number of anilines is 2. The number of aromatic nitrogens is 1. The monoisotopic (exact) mass is 652 g/mol. The van der Waals surface area contributed by atoms with E-state index < -0.39 is 32.7 Å². The largest absolute Gasteiger partial charge is 0.416 e. The number of hydrogen-bond acceptors (Lipinski definition) is 6. The maximum absolute atomic E-state index is 13.8. The fraction of sp³-hybridized carbons (Fsp3) is 0.273. The Morgan fingerprint density at radius 1 is 0.935 bits per heavy atom.